The largest absolute Gasteiger partial charge is 0.448 e. The summed E-state index contributed by atoms with van der Waals surface area (Å²) in [5.41, 5.74) is 1.07. The number of pyridine rings is 3. The summed E-state index contributed by atoms with van der Waals surface area (Å²) in [7, 11) is 4.49. The number of ether oxygens (including phenoxy) is 2. The van der Waals surface area contributed by atoms with E-state index in [2.05, 4.69) is 35.1 Å². The van der Waals surface area contributed by atoms with Gasteiger partial charge in [-0.25, -0.2) is 28.6 Å². The van der Waals surface area contributed by atoms with Gasteiger partial charge in [0.15, 0.2) is 34.6 Å². The highest BCUT2D eigenvalue weighted by Crippen LogP contribution is 2.26. The Morgan fingerprint density at radius 2 is 1.32 bits per heavy atom. The van der Waals surface area contributed by atoms with Crippen molar-refractivity contribution < 1.29 is 27.5 Å². The van der Waals surface area contributed by atoms with Crippen molar-refractivity contribution in [2.24, 2.45) is 14.1 Å². The highest BCUT2D eigenvalue weighted by molar-refractivity contribution is 7.94. The molecule has 5 heterocycles. The van der Waals surface area contributed by atoms with Gasteiger partial charge in [-0.15, -0.1) is 0 Å². The van der Waals surface area contributed by atoms with Crippen molar-refractivity contribution in [2.75, 3.05) is 19.0 Å². The molecule has 270 valence electrons. The normalized spacial score (nSPS) is 10.9. The Hall–Kier alpha value is -6.30. The minimum absolute atomic E-state index is 0.00554. The number of aryl methyl sites for hydroxylation is 2. The Balaban J connectivity index is 0.000000185. The van der Waals surface area contributed by atoms with Crippen molar-refractivity contribution in [1.82, 2.24) is 34.1 Å². The zero-order chi connectivity index (χ0) is 37.3. The molecule has 2 aromatic carbocycles. The van der Waals surface area contributed by atoms with Crippen LogP contribution >= 0.6 is 12.0 Å². The number of rotatable bonds is 11. The maximum absolute atomic E-state index is 13.8. The van der Waals surface area contributed by atoms with Crippen LogP contribution in [0.2, 0.25) is 0 Å². The lowest BCUT2D eigenvalue weighted by molar-refractivity contribution is -0.160. The monoisotopic (exact) mass is 740 g/mol. The number of fused-ring (bicyclic) bond motifs is 2. The smallest absolute Gasteiger partial charge is 0.294 e. The molecule has 0 spiro atoms. The molecular weight excluding hydrogens is 711 g/mol. The summed E-state index contributed by atoms with van der Waals surface area (Å²) in [6.07, 6.45) is 7.42. The third kappa shape index (κ3) is 8.78. The van der Waals surface area contributed by atoms with Gasteiger partial charge in [-0.05, 0) is 54.4 Å². The molecule has 0 aliphatic rings. The number of halogens is 2. The van der Waals surface area contributed by atoms with Crippen LogP contribution in [-0.4, -0.2) is 47.7 Å². The van der Waals surface area contributed by atoms with Crippen LogP contribution in [0.4, 0.5) is 14.7 Å². The number of aromatic nitrogens is 7. The van der Waals surface area contributed by atoms with Gasteiger partial charge in [-0.2, -0.15) is 9.32 Å². The van der Waals surface area contributed by atoms with E-state index in [1.165, 1.54) is 72.0 Å². The summed E-state index contributed by atoms with van der Waals surface area (Å²) in [5.74, 6) is -0.745. The van der Waals surface area contributed by atoms with Crippen LogP contribution in [-0.2, 0) is 29.7 Å². The highest BCUT2D eigenvalue weighted by Gasteiger charge is 2.15. The fraction of sp³-hybridized carbons (Fsp3) is 0.139. The maximum Gasteiger partial charge on any atom is 0.294 e. The molecule has 0 unspecified atom stereocenters. The summed E-state index contributed by atoms with van der Waals surface area (Å²) in [5, 5.41) is 4.60. The highest BCUT2D eigenvalue weighted by atomic mass is 32.2. The first kappa shape index (κ1) is 36.5. The topological polar surface area (TPSA) is 157 Å². The lowest BCUT2D eigenvalue weighted by Gasteiger charge is -2.11. The molecule has 5 aromatic heterocycles. The number of para-hydroxylation sites is 2. The molecule has 0 atom stereocenters. The summed E-state index contributed by atoms with van der Waals surface area (Å²) < 4.78 is 45.8. The number of nitrogens with one attached hydrogen (secondary N) is 1. The molecule has 0 radical (unpaired) electrons. The molecular formula is C36H30F2N8O6S. The Kier molecular flexibility index (Phi) is 11.6. The number of nitrogens with zero attached hydrogens (tertiary/aromatic N) is 7. The van der Waals surface area contributed by atoms with Crippen LogP contribution in [0.3, 0.4) is 0 Å². The Morgan fingerprint density at radius 3 is 1.89 bits per heavy atom. The first-order valence-electron chi connectivity index (χ1n) is 15.8. The summed E-state index contributed by atoms with van der Waals surface area (Å²) >= 11 is 0.818. The summed E-state index contributed by atoms with van der Waals surface area (Å²) in [6, 6.07) is 18.6. The van der Waals surface area contributed by atoms with Crippen LogP contribution in [0.25, 0.3) is 22.1 Å². The maximum atomic E-state index is 13.8. The van der Waals surface area contributed by atoms with Gasteiger partial charge in [0.2, 0.25) is 11.1 Å². The SMILES string of the molecule is COOSc1ncc2cc(Oc3ccccc3F)c(=O)n(C)c2n1.Cn1c(=O)c(Oc2ccccc2F)cc2cnc(NCCc3cccnc3)nc21. The van der Waals surface area contributed by atoms with Gasteiger partial charge >= 0.3 is 0 Å². The number of anilines is 1. The van der Waals surface area contributed by atoms with Crippen molar-refractivity contribution in [1.29, 1.82) is 0 Å². The molecule has 0 aliphatic heterocycles. The van der Waals surface area contributed by atoms with Gasteiger partial charge in [0.25, 0.3) is 11.1 Å². The van der Waals surface area contributed by atoms with Crippen molar-refractivity contribution in [3.05, 3.63) is 135 Å². The van der Waals surface area contributed by atoms with Crippen molar-refractivity contribution in [3.63, 3.8) is 0 Å². The van der Waals surface area contributed by atoms with E-state index in [-0.39, 0.29) is 28.2 Å². The summed E-state index contributed by atoms with van der Waals surface area (Å²) in [6.45, 7) is 0.625. The van der Waals surface area contributed by atoms with E-state index in [0.29, 0.717) is 34.6 Å². The van der Waals surface area contributed by atoms with E-state index < -0.39 is 22.8 Å². The van der Waals surface area contributed by atoms with Crippen molar-refractivity contribution in [2.45, 2.75) is 11.6 Å². The minimum atomic E-state index is -0.556. The average Bonchev–Trinajstić information content (AvgIpc) is 3.17. The Morgan fingerprint density at radius 1 is 0.736 bits per heavy atom. The second kappa shape index (κ2) is 16.8. The number of hydrogen-bond acceptors (Lipinski definition) is 13. The van der Waals surface area contributed by atoms with Crippen LogP contribution in [0, 0.1) is 11.6 Å². The first-order valence-corrected chi connectivity index (χ1v) is 16.5. The number of hydrogen-bond donors (Lipinski definition) is 1. The molecule has 0 fully saturated rings. The van der Waals surface area contributed by atoms with E-state index in [1.807, 2.05) is 18.3 Å². The fourth-order valence-corrected chi connectivity index (χ4v) is 5.26. The number of benzene rings is 2. The zero-order valence-corrected chi connectivity index (χ0v) is 29.2. The van der Waals surface area contributed by atoms with E-state index in [1.54, 1.807) is 37.6 Å². The van der Waals surface area contributed by atoms with Gasteiger partial charge in [-0.3, -0.25) is 23.7 Å². The van der Waals surface area contributed by atoms with Gasteiger partial charge in [0, 0.05) is 56.2 Å². The molecule has 7 rings (SSSR count). The molecule has 0 saturated carbocycles. The lowest BCUT2D eigenvalue weighted by Crippen LogP contribution is -2.20. The third-order valence-corrected chi connectivity index (χ3v) is 8.07. The molecule has 53 heavy (non-hydrogen) atoms. The molecule has 0 bridgehead atoms. The Labute approximate surface area is 304 Å². The lowest BCUT2D eigenvalue weighted by atomic mass is 10.2. The van der Waals surface area contributed by atoms with Crippen LogP contribution in [0.15, 0.2) is 112 Å². The standard InChI is InChI=1S/C21H18FN5O2.C15H12FN3O4S/c1-27-19-15(11-18(20(27)28)29-17-7-3-2-6-16(17)22)13-25-21(26-19)24-10-8-14-5-4-9-23-12-14;1-19-13-9(8-17-15(18-13)24-23-21-2)7-12(14(19)20)22-11-6-4-3-5-10(11)16/h2-7,9,11-13H,8,10H2,1H3,(H,24,25,26);3-8H,1-2H3. The first-order chi connectivity index (χ1) is 25.7. The van der Waals surface area contributed by atoms with Crippen LogP contribution in [0.1, 0.15) is 5.56 Å². The van der Waals surface area contributed by atoms with Crippen LogP contribution < -0.4 is 25.9 Å². The predicted molar refractivity (Wildman–Crippen MR) is 193 cm³/mol. The molecule has 17 heteroatoms. The van der Waals surface area contributed by atoms with Crippen molar-refractivity contribution >= 4 is 40.1 Å². The van der Waals surface area contributed by atoms with Gasteiger partial charge in [-0.1, -0.05) is 30.3 Å². The van der Waals surface area contributed by atoms with E-state index in [4.69, 9.17) is 13.8 Å². The van der Waals surface area contributed by atoms with Crippen molar-refractivity contribution in [3.8, 4) is 23.0 Å². The molecule has 0 aliphatic carbocycles. The van der Waals surface area contributed by atoms with Gasteiger partial charge in [0.05, 0.1) is 7.11 Å². The van der Waals surface area contributed by atoms with E-state index in [9.17, 15) is 18.4 Å². The Bertz CT molecular complexity index is 2500. The molecule has 7 aromatic rings. The minimum Gasteiger partial charge on any atom is -0.448 e. The van der Waals surface area contributed by atoms with E-state index >= 15 is 0 Å². The molecule has 0 amide bonds. The second-order valence-electron chi connectivity index (χ2n) is 11.1. The third-order valence-electron chi connectivity index (χ3n) is 7.52. The second-order valence-corrected chi connectivity index (χ2v) is 11.7. The van der Waals surface area contributed by atoms with E-state index in [0.717, 1.165) is 24.0 Å². The average molecular weight is 741 g/mol. The zero-order valence-electron chi connectivity index (χ0n) is 28.4. The van der Waals surface area contributed by atoms with Gasteiger partial charge < -0.3 is 14.8 Å². The molecule has 0 saturated heterocycles. The van der Waals surface area contributed by atoms with Crippen LogP contribution in [0.5, 0.6) is 23.0 Å². The quantitative estimate of drug-likeness (QED) is 0.0697. The van der Waals surface area contributed by atoms with Gasteiger partial charge in [0.1, 0.15) is 23.3 Å². The summed E-state index contributed by atoms with van der Waals surface area (Å²) in [4.78, 5) is 50.6. The molecule has 14 nitrogen and oxygen atoms in total. The fourth-order valence-electron chi connectivity index (χ4n) is 4.91. The predicted octanol–water partition coefficient (Wildman–Crippen LogP) is 6.15. The molecule has 1 N–H and O–H groups in total.